The van der Waals surface area contributed by atoms with Crippen molar-refractivity contribution in [1.29, 1.82) is 0 Å². The van der Waals surface area contributed by atoms with Gasteiger partial charge in [0.25, 0.3) is 0 Å². The van der Waals surface area contributed by atoms with E-state index in [2.05, 4.69) is 164 Å². The second-order valence-electron chi connectivity index (χ2n) is 13.9. The average molecular weight is 685 g/mol. The van der Waals surface area contributed by atoms with Crippen LogP contribution in [0, 0.1) is 0 Å². The van der Waals surface area contributed by atoms with E-state index in [9.17, 15) is 0 Å². The Bertz CT molecular complexity index is 1720. The fourth-order valence-electron chi connectivity index (χ4n) is 6.81. The molecular formula is C40H42Cl2Zr-2. The van der Waals surface area contributed by atoms with E-state index in [1.54, 1.807) is 8.83 Å². The SMILES string of the molecule is CC(C)(C)c1ccc2c(c1)Cc1c-2ccc(C(C)(C)C)[c]1[Zr](=[CH]c1ccccc1)(=[CH]c1ccccc1)[CH]1C=CC=C1.[Cl-].[Cl-]. The number of halogens is 2. The molecule has 0 radical (unpaired) electrons. The maximum Gasteiger partial charge on any atom is -1.00 e. The van der Waals surface area contributed by atoms with Crippen molar-refractivity contribution in [3.05, 3.63) is 149 Å². The smallest absolute Gasteiger partial charge is 1.00 e. The van der Waals surface area contributed by atoms with Gasteiger partial charge in [0.1, 0.15) is 0 Å². The molecule has 0 N–H and O–H groups in total. The molecular weight excluding hydrogens is 643 g/mol. The van der Waals surface area contributed by atoms with Gasteiger partial charge in [0.2, 0.25) is 0 Å². The molecule has 0 fully saturated rings. The van der Waals surface area contributed by atoms with Crippen LogP contribution in [0.15, 0.2) is 115 Å². The van der Waals surface area contributed by atoms with E-state index < -0.39 is 19.3 Å². The van der Waals surface area contributed by atoms with Crippen LogP contribution in [-0.4, -0.2) is 7.42 Å². The van der Waals surface area contributed by atoms with Gasteiger partial charge in [-0.15, -0.1) is 0 Å². The third kappa shape index (κ3) is 6.52. The molecule has 2 aliphatic carbocycles. The zero-order valence-corrected chi connectivity index (χ0v) is 30.1. The van der Waals surface area contributed by atoms with E-state index in [0.717, 1.165) is 6.42 Å². The van der Waals surface area contributed by atoms with Gasteiger partial charge in [-0.2, -0.15) is 0 Å². The van der Waals surface area contributed by atoms with E-state index in [0.29, 0.717) is 3.63 Å². The quantitative estimate of drug-likeness (QED) is 0.273. The summed E-state index contributed by atoms with van der Waals surface area (Å²) in [5.41, 5.74) is 11.7. The Morgan fingerprint density at radius 3 is 1.67 bits per heavy atom. The van der Waals surface area contributed by atoms with E-state index in [-0.39, 0.29) is 35.6 Å². The van der Waals surface area contributed by atoms with Crippen molar-refractivity contribution in [1.82, 2.24) is 0 Å². The molecule has 0 aliphatic heterocycles. The van der Waals surface area contributed by atoms with Crippen LogP contribution >= 0.6 is 0 Å². The topological polar surface area (TPSA) is 0 Å². The molecule has 4 aromatic rings. The van der Waals surface area contributed by atoms with E-state index in [1.165, 1.54) is 38.9 Å². The summed E-state index contributed by atoms with van der Waals surface area (Å²) >= 11 is -3.65. The third-order valence-corrected chi connectivity index (χ3v) is 20.1. The standard InChI is InChI=1S/C21H25.2C7H6.C5H5.2ClH.Zr/c1-20(2,3)16-7-9-18-14(12-16)11-15-13-17(21(4,5)6)8-10-19(15)18;2*1-7-5-3-2-4-6-7;1-2-4-5-3-1;;;/h7-10,12H,11H2,1-6H3;2*1-6H;1-5H;2*1H;/p-2. The van der Waals surface area contributed by atoms with Gasteiger partial charge in [0, 0.05) is 0 Å². The summed E-state index contributed by atoms with van der Waals surface area (Å²) in [4.78, 5) is 0. The maximum absolute atomic E-state index is 3.65. The molecule has 0 atom stereocenters. The summed E-state index contributed by atoms with van der Waals surface area (Å²) in [6.07, 6.45) is 10.5. The van der Waals surface area contributed by atoms with Crippen LogP contribution in [0.3, 0.4) is 0 Å². The summed E-state index contributed by atoms with van der Waals surface area (Å²) in [5.74, 6) is 0. The van der Waals surface area contributed by atoms with Crippen molar-refractivity contribution in [3.8, 4) is 11.1 Å². The number of hydrogen-bond acceptors (Lipinski definition) is 0. The molecule has 0 amide bonds. The Balaban J connectivity index is 0.00000212. The van der Waals surface area contributed by atoms with Crippen LogP contribution in [0.5, 0.6) is 0 Å². The second-order valence-corrected chi connectivity index (χ2v) is 22.8. The van der Waals surface area contributed by atoms with E-state index in [4.69, 9.17) is 0 Å². The van der Waals surface area contributed by atoms with Crippen molar-refractivity contribution in [2.75, 3.05) is 0 Å². The normalized spacial score (nSPS) is 13.6. The molecule has 0 bridgehead atoms. The van der Waals surface area contributed by atoms with Crippen molar-refractivity contribution >= 4 is 10.7 Å². The summed E-state index contributed by atoms with van der Waals surface area (Å²) in [6, 6.07) is 34.4. The first kappa shape index (κ1) is 33.5. The van der Waals surface area contributed by atoms with Crippen LogP contribution in [0.1, 0.15) is 74.9 Å². The molecule has 0 saturated carbocycles. The molecule has 0 unspecified atom stereocenters. The van der Waals surface area contributed by atoms with Gasteiger partial charge in [-0.1, -0.05) is 0 Å². The average Bonchev–Trinajstić information content (AvgIpc) is 3.61. The van der Waals surface area contributed by atoms with Gasteiger partial charge in [-0.3, -0.25) is 0 Å². The fourth-order valence-corrected chi connectivity index (χ4v) is 19.4. The number of benzene rings is 4. The number of allylic oxidation sites excluding steroid dienone is 4. The minimum absolute atomic E-state index is 0. The van der Waals surface area contributed by atoms with Gasteiger partial charge in [-0.25, -0.2) is 0 Å². The molecule has 0 nitrogen and oxygen atoms in total. The van der Waals surface area contributed by atoms with E-state index in [1.807, 2.05) is 0 Å². The van der Waals surface area contributed by atoms with Gasteiger partial charge in [0.05, 0.1) is 0 Å². The van der Waals surface area contributed by atoms with Crippen molar-refractivity contribution in [3.63, 3.8) is 0 Å². The first-order chi connectivity index (χ1) is 19.6. The fraction of sp³-hybridized carbons (Fsp3) is 0.250. The van der Waals surface area contributed by atoms with Gasteiger partial charge in [0.15, 0.2) is 0 Å². The number of fused-ring (bicyclic) bond motifs is 3. The van der Waals surface area contributed by atoms with Crippen molar-refractivity contribution in [2.24, 2.45) is 0 Å². The molecule has 0 saturated heterocycles. The molecule has 0 spiro atoms. The van der Waals surface area contributed by atoms with Crippen molar-refractivity contribution < 1.29 is 44.1 Å². The minimum atomic E-state index is -3.65. The zero-order valence-electron chi connectivity index (χ0n) is 26.2. The Hall–Kier alpha value is -2.44. The molecule has 2 aliphatic rings. The van der Waals surface area contributed by atoms with Gasteiger partial charge in [-0.05, 0) is 0 Å². The Morgan fingerprint density at radius 1 is 0.628 bits per heavy atom. The second kappa shape index (κ2) is 12.9. The first-order valence-corrected chi connectivity index (χ1v) is 20.5. The van der Waals surface area contributed by atoms with E-state index >= 15 is 0 Å². The zero-order chi connectivity index (χ0) is 28.8. The molecule has 6 rings (SSSR count). The third-order valence-electron chi connectivity index (χ3n) is 8.89. The molecule has 4 aromatic carbocycles. The van der Waals surface area contributed by atoms with Crippen LogP contribution < -0.4 is 28.1 Å². The van der Waals surface area contributed by atoms with Crippen LogP contribution in [-0.2, 0) is 36.5 Å². The largest absolute Gasteiger partial charge is 1.00 e. The Morgan fingerprint density at radius 2 is 1.16 bits per heavy atom. The Labute approximate surface area is 275 Å². The van der Waals surface area contributed by atoms with Crippen LogP contribution in [0.4, 0.5) is 0 Å². The molecule has 3 heteroatoms. The summed E-state index contributed by atoms with van der Waals surface area (Å²) in [5, 5.41) is 0. The van der Waals surface area contributed by atoms with Crippen LogP contribution in [0.2, 0.25) is 3.63 Å². The Kier molecular flexibility index (Phi) is 10.0. The minimum Gasteiger partial charge on any atom is -1.00 e. The summed E-state index contributed by atoms with van der Waals surface area (Å²) < 4.78 is 7.58. The summed E-state index contributed by atoms with van der Waals surface area (Å²) in [6.45, 7) is 14.2. The number of rotatable bonds is 4. The molecule has 43 heavy (non-hydrogen) atoms. The summed E-state index contributed by atoms with van der Waals surface area (Å²) in [7, 11) is 0. The number of hydrogen-bond donors (Lipinski definition) is 0. The van der Waals surface area contributed by atoms with Crippen LogP contribution in [0.25, 0.3) is 11.1 Å². The van der Waals surface area contributed by atoms with Crippen molar-refractivity contribution in [2.45, 2.75) is 62.4 Å². The molecule has 0 heterocycles. The van der Waals surface area contributed by atoms with Gasteiger partial charge < -0.3 is 24.8 Å². The monoisotopic (exact) mass is 682 g/mol. The molecule has 222 valence electrons. The first-order valence-electron chi connectivity index (χ1n) is 15.0. The molecule has 0 aromatic heterocycles. The predicted molar refractivity (Wildman–Crippen MR) is 177 cm³/mol. The predicted octanol–water partition coefficient (Wildman–Crippen LogP) is 3.26. The maximum atomic E-state index is 2.75. The van der Waals surface area contributed by atoms with Gasteiger partial charge >= 0.3 is 252 Å².